The van der Waals surface area contributed by atoms with Gasteiger partial charge in [0.25, 0.3) is 0 Å². The Morgan fingerprint density at radius 2 is 1.83 bits per heavy atom. The van der Waals surface area contributed by atoms with Gasteiger partial charge in [0.2, 0.25) is 5.91 Å². The highest BCUT2D eigenvalue weighted by atomic mass is 32.2. The van der Waals surface area contributed by atoms with Crippen LogP contribution in [0.25, 0.3) is 10.9 Å². The van der Waals surface area contributed by atoms with E-state index in [4.69, 9.17) is 4.98 Å². The first kappa shape index (κ1) is 20.5. The number of para-hydroxylation sites is 2. The Bertz CT molecular complexity index is 1200. The van der Waals surface area contributed by atoms with E-state index in [9.17, 15) is 4.79 Å². The summed E-state index contributed by atoms with van der Waals surface area (Å²) < 4.78 is 0. The van der Waals surface area contributed by atoms with E-state index < -0.39 is 0 Å². The van der Waals surface area contributed by atoms with Crippen LogP contribution < -0.4 is 4.90 Å². The zero-order valence-corrected chi connectivity index (χ0v) is 18.8. The van der Waals surface area contributed by atoms with E-state index in [1.54, 1.807) is 23.6 Å². The van der Waals surface area contributed by atoms with Crippen molar-refractivity contribution in [2.75, 3.05) is 4.90 Å². The van der Waals surface area contributed by atoms with Gasteiger partial charge in [0.1, 0.15) is 10.9 Å². The fraction of sp³-hybridized carbons (Fsp3) is 0.217. The molecular weight excluding hydrogens is 412 g/mol. The molecule has 152 valence electrons. The second kappa shape index (κ2) is 8.93. The van der Waals surface area contributed by atoms with Crippen LogP contribution in [0.5, 0.6) is 0 Å². The summed E-state index contributed by atoms with van der Waals surface area (Å²) in [5.41, 5.74) is 3.91. The fourth-order valence-electron chi connectivity index (χ4n) is 3.31. The highest BCUT2D eigenvalue weighted by Crippen LogP contribution is 2.34. The van der Waals surface area contributed by atoms with Crippen LogP contribution >= 0.6 is 23.1 Å². The fourth-order valence-corrected chi connectivity index (χ4v) is 5.25. The molecule has 4 rings (SSSR count). The first-order chi connectivity index (χ1) is 14.6. The van der Waals surface area contributed by atoms with Crippen molar-refractivity contribution in [2.24, 2.45) is 0 Å². The van der Waals surface area contributed by atoms with Gasteiger partial charge in [-0.15, -0.1) is 11.3 Å². The van der Waals surface area contributed by atoms with Crippen LogP contribution in [-0.2, 0) is 17.0 Å². The van der Waals surface area contributed by atoms with Gasteiger partial charge in [0.05, 0.1) is 16.9 Å². The number of rotatable bonds is 6. The van der Waals surface area contributed by atoms with Crippen LogP contribution in [0.15, 0.2) is 58.9 Å². The number of anilines is 2. The molecule has 2 aromatic carbocycles. The van der Waals surface area contributed by atoms with Crippen molar-refractivity contribution in [3.63, 3.8) is 0 Å². The van der Waals surface area contributed by atoms with Crippen LogP contribution in [0.3, 0.4) is 0 Å². The van der Waals surface area contributed by atoms with Crippen LogP contribution in [0.2, 0.25) is 0 Å². The first-order valence-corrected chi connectivity index (χ1v) is 11.6. The van der Waals surface area contributed by atoms with Gasteiger partial charge in [-0.25, -0.2) is 15.0 Å². The lowest BCUT2D eigenvalue weighted by Gasteiger charge is -2.20. The smallest absolute Gasteiger partial charge is 0.230 e. The SMILES string of the molecule is CCc1ccccc1N(C(C)=O)c1nc(CSc2nc(C)nc3ccccc23)cs1. The molecule has 2 heterocycles. The quantitative estimate of drug-likeness (QED) is 0.278. The standard InChI is InChI=1S/C23H22N4OS2/c1-4-17-9-5-8-12-21(17)27(16(3)28)23-26-18(14-30-23)13-29-22-19-10-6-7-11-20(19)24-15(2)25-22/h5-12,14H,4,13H2,1-3H3. The number of hydrogen-bond donors (Lipinski definition) is 0. The number of thiazole rings is 1. The first-order valence-electron chi connectivity index (χ1n) is 9.76. The predicted molar refractivity (Wildman–Crippen MR) is 125 cm³/mol. The Balaban J connectivity index is 1.59. The van der Waals surface area contributed by atoms with Crippen molar-refractivity contribution < 1.29 is 4.79 Å². The zero-order chi connectivity index (χ0) is 21.1. The molecular formula is C23H22N4OS2. The summed E-state index contributed by atoms with van der Waals surface area (Å²) in [4.78, 5) is 28.1. The number of carbonyl (C=O) groups excluding carboxylic acids is 1. The predicted octanol–water partition coefficient (Wildman–Crippen LogP) is 5.93. The van der Waals surface area contributed by atoms with Crippen LogP contribution in [0.1, 0.15) is 30.9 Å². The average molecular weight is 435 g/mol. The Morgan fingerprint density at radius 1 is 1.07 bits per heavy atom. The summed E-state index contributed by atoms with van der Waals surface area (Å²) in [5.74, 6) is 1.40. The minimum absolute atomic E-state index is 0.0399. The van der Waals surface area contributed by atoms with Crippen molar-refractivity contribution in [1.82, 2.24) is 15.0 Å². The molecule has 0 saturated heterocycles. The minimum Gasteiger partial charge on any atom is -0.274 e. The average Bonchev–Trinajstić information content (AvgIpc) is 3.20. The molecule has 0 saturated carbocycles. The van der Waals surface area contributed by atoms with Gasteiger partial charge in [-0.1, -0.05) is 55.1 Å². The second-order valence-electron chi connectivity index (χ2n) is 6.84. The van der Waals surface area contributed by atoms with E-state index in [2.05, 4.69) is 23.0 Å². The Labute approximate surface area is 184 Å². The molecule has 1 amide bonds. The molecule has 2 aromatic heterocycles. The van der Waals surface area contributed by atoms with Gasteiger partial charge < -0.3 is 0 Å². The van der Waals surface area contributed by atoms with Crippen molar-refractivity contribution in [3.8, 4) is 0 Å². The summed E-state index contributed by atoms with van der Waals surface area (Å²) in [5, 5.41) is 4.71. The van der Waals surface area contributed by atoms with Gasteiger partial charge in [0.15, 0.2) is 5.13 Å². The van der Waals surface area contributed by atoms with E-state index in [-0.39, 0.29) is 5.91 Å². The molecule has 0 bridgehead atoms. The number of amides is 1. The van der Waals surface area contributed by atoms with Crippen LogP contribution in [0, 0.1) is 6.92 Å². The van der Waals surface area contributed by atoms with E-state index in [0.29, 0.717) is 10.9 Å². The zero-order valence-electron chi connectivity index (χ0n) is 17.1. The molecule has 4 aromatic rings. The Kier molecular flexibility index (Phi) is 6.11. The van der Waals surface area contributed by atoms with E-state index in [1.165, 1.54) is 11.3 Å². The molecule has 0 atom stereocenters. The van der Waals surface area contributed by atoms with E-state index >= 15 is 0 Å². The van der Waals surface area contributed by atoms with Gasteiger partial charge in [-0.2, -0.15) is 0 Å². The highest BCUT2D eigenvalue weighted by Gasteiger charge is 2.20. The molecule has 0 spiro atoms. The molecule has 30 heavy (non-hydrogen) atoms. The summed E-state index contributed by atoms with van der Waals surface area (Å²) in [6.07, 6.45) is 0.855. The van der Waals surface area contributed by atoms with Gasteiger partial charge in [-0.05, 0) is 31.0 Å². The van der Waals surface area contributed by atoms with Gasteiger partial charge in [0, 0.05) is 23.4 Å². The molecule has 0 unspecified atom stereocenters. The number of aromatic nitrogens is 3. The third-order valence-electron chi connectivity index (χ3n) is 4.70. The third-order valence-corrected chi connectivity index (χ3v) is 6.60. The molecule has 0 radical (unpaired) electrons. The summed E-state index contributed by atoms with van der Waals surface area (Å²) in [7, 11) is 0. The van der Waals surface area contributed by atoms with Crippen molar-refractivity contribution >= 4 is 50.7 Å². The summed E-state index contributed by atoms with van der Waals surface area (Å²) in [6.45, 7) is 5.58. The highest BCUT2D eigenvalue weighted by molar-refractivity contribution is 7.98. The lowest BCUT2D eigenvalue weighted by molar-refractivity contribution is -0.115. The summed E-state index contributed by atoms with van der Waals surface area (Å²) >= 11 is 3.13. The number of benzene rings is 2. The Hall–Kier alpha value is -2.77. The number of thioether (sulfide) groups is 1. The number of hydrogen-bond acceptors (Lipinski definition) is 6. The maximum Gasteiger partial charge on any atom is 0.230 e. The lowest BCUT2D eigenvalue weighted by Crippen LogP contribution is -2.23. The second-order valence-corrected chi connectivity index (χ2v) is 8.64. The van der Waals surface area contributed by atoms with Crippen molar-refractivity contribution in [2.45, 2.75) is 38.0 Å². The maximum absolute atomic E-state index is 12.5. The molecule has 5 nitrogen and oxygen atoms in total. The molecule has 0 N–H and O–H groups in total. The van der Waals surface area contributed by atoms with Crippen molar-refractivity contribution in [1.29, 1.82) is 0 Å². The van der Waals surface area contributed by atoms with Crippen LogP contribution in [-0.4, -0.2) is 20.9 Å². The number of aryl methyl sites for hydroxylation is 2. The molecule has 7 heteroatoms. The van der Waals surface area contributed by atoms with Gasteiger partial charge in [-0.3, -0.25) is 9.69 Å². The third kappa shape index (κ3) is 4.22. The lowest BCUT2D eigenvalue weighted by atomic mass is 10.1. The minimum atomic E-state index is -0.0399. The molecule has 0 aliphatic heterocycles. The van der Waals surface area contributed by atoms with Crippen LogP contribution in [0.4, 0.5) is 10.8 Å². The normalized spacial score (nSPS) is 11.0. The molecule has 0 aliphatic rings. The topological polar surface area (TPSA) is 59.0 Å². The Morgan fingerprint density at radius 3 is 2.63 bits per heavy atom. The summed E-state index contributed by atoms with van der Waals surface area (Å²) in [6, 6.07) is 16.0. The monoisotopic (exact) mass is 434 g/mol. The largest absolute Gasteiger partial charge is 0.274 e. The van der Waals surface area contributed by atoms with Crippen molar-refractivity contribution in [3.05, 3.63) is 71.0 Å². The van der Waals surface area contributed by atoms with E-state index in [0.717, 1.165) is 45.1 Å². The molecule has 0 aliphatic carbocycles. The van der Waals surface area contributed by atoms with E-state index in [1.807, 2.05) is 54.8 Å². The number of nitrogens with zero attached hydrogens (tertiary/aromatic N) is 4. The number of carbonyl (C=O) groups is 1. The maximum atomic E-state index is 12.5. The number of fused-ring (bicyclic) bond motifs is 1. The van der Waals surface area contributed by atoms with Gasteiger partial charge >= 0.3 is 0 Å². The molecule has 0 fully saturated rings.